The lowest BCUT2D eigenvalue weighted by Gasteiger charge is -2.46. The summed E-state index contributed by atoms with van der Waals surface area (Å²) >= 11 is 0. The molecule has 1 aliphatic rings. The minimum Gasteiger partial charge on any atom is -0.459 e. The van der Waals surface area contributed by atoms with Crippen LogP contribution >= 0.6 is 7.37 Å². The van der Waals surface area contributed by atoms with Crippen LogP contribution in [0.4, 0.5) is 9.59 Å². The van der Waals surface area contributed by atoms with Gasteiger partial charge < -0.3 is 18.7 Å². The second-order valence-electron chi connectivity index (χ2n) is 15.6. The van der Waals surface area contributed by atoms with Crippen LogP contribution in [-0.4, -0.2) is 92.1 Å². The van der Waals surface area contributed by atoms with Gasteiger partial charge in [-0.05, 0) is 100 Å². The number of benzene rings is 1. The lowest BCUT2D eigenvalue weighted by atomic mass is 9.97. The van der Waals surface area contributed by atoms with Gasteiger partial charge in [-0.2, -0.15) is 5.10 Å². The average molecular weight is 705 g/mol. The number of aromatic nitrogens is 2. The highest BCUT2D eigenvalue weighted by atomic mass is 31.2. The first-order chi connectivity index (χ1) is 22.6. The highest BCUT2D eigenvalue weighted by Gasteiger charge is 2.59. The van der Waals surface area contributed by atoms with Gasteiger partial charge in [-0.3, -0.25) is 18.9 Å². The molecule has 1 aromatic carbocycles. The van der Waals surface area contributed by atoms with Crippen LogP contribution < -0.4 is 0 Å². The molecule has 1 fully saturated rings. The second kappa shape index (κ2) is 15.8. The summed E-state index contributed by atoms with van der Waals surface area (Å²) in [5, 5.41) is 2.86. The van der Waals surface area contributed by atoms with Gasteiger partial charge in [0.25, 0.3) is 0 Å². The number of esters is 1. The number of ether oxygens (including phenoxy) is 3. The molecule has 3 rings (SSSR count). The largest absolute Gasteiger partial charge is 0.459 e. The molecule has 49 heavy (non-hydrogen) atoms. The molecule has 1 aliphatic heterocycles. The Balaban J connectivity index is 1.94. The summed E-state index contributed by atoms with van der Waals surface area (Å²) in [4.78, 5) is 43.6. The Morgan fingerprint density at radius 1 is 0.898 bits per heavy atom. The fourth-order valence-electron chi connectivity index (χ4n) is 5.87. The van der Waals surface area contributed by atoms with Crippen molar-refractivity contribution >= 4 is 25.5 Å². The molecule has 2 atom stereocenters. The minimum absolute atomic E-state index is 0.0189. The van der Waals surface area contributed by atoms with E-state index < -0.39 is 47.5 Å². The molecule has 0 aliphatic carbocycles. The van der Waals surface area contributed by atoms with Crippen LogP contribution in [0.2, 0.25) is 0 Å². The van der Waals surface area contributed by atoms with Crippen LogP contribution in [0, 0.1) is 0 Å². The Labute approximate surface area is 292 Å². The topological polar surface area (TPSA) is 130 Å². The van der Waals surface area contributed by atoms with Crippen molar-refractivity contribution in [3.8, 4) is 11.3 Å². The Bertz CT molecular complexity index is 1480. The molecule has 12 nitrogen and oxygen atoms in total. The van der Waals surface area contributed by atoms with Crippen LogP contribution in [0.15, 0.2) is 36.5 Å². The van der Waals surface area contributed by atoms with Crippen LogP contribution in [0.5, 0.6) is 0 Å². The van der Waals surface area contributed by atoms with E-state index in [9.17, 15) is 18.9 Å². The molecule has 2 unspecified atom stereocenters. The van der Waals surface area contributed by atoms with Crippen LogP contribution in [-0.2, 0) is 41.7 Å². The Morgan fingerprint density at radius 2 is 1.49 bits per heavy atom. The van der Waals surface area contributed by atoms with Gasteiger partial charge >= 0.3 is 18.2 Å². The van der Waals surface area contributed by atoms with Gasteiger partial charge in [-0.1, -0.05) is 24.3 Å². The van der Waals surface area contributed by atoms with E-state index in [4.69, 9.17) is 18.7 Å². The maximum Gasteiger partial charge on any atom is 0.419 e. The summed E-state index contributed by atoms with van der Waals surface area (Å²) in [5.74, 6) is -0.572. The number of rotatable bonds is 11. The standard InChI is InChI=1S/C36H57N4O8P/c1-12-45-49(44)24-23-39(25-27-17-13-14-18-28(27)29-19-21-37-38(29)11)26-36(49,30(41)46-33(2,3)4)20-15-16-22-40(31(42)47-34(5,6)7)32(43)48-35(8,9)10/h13-14,17-19,21H,12,15-16,20,22-26H2,1-11H3. The molecular formula is C36H57N4O8P. The number of hydrogen-bond acceptors (Lipinski definition) is 10. The van der Waals surface area contributed by atoms with E-state index in [0.717, 1.165) is 21.7 Å². The number of carbonyl (C=O) groups is 3. The second-order valence-corrected chi connectivity index (χ2v) is 18.5. The minimum atomic E-state index is -3.59. The molecule has 0 N–H and O–H groups in total. The first kappa shape index (κ1) is 40.2. The average Bonchev–Trinajstić information content (AvgIpc) is 3.37. The normalized spacial score (nSPS) is 20.5. The third kappa shape index (κ3) is 10.9. The number of unbranched alkanes of at least 4 members (excludes halogenated alkanes) is 1. The Morgan fingerprint density at radius 3 is 2.02 bits per heavy atom. The van der Waals surface area contributed by atoms with Crippen molar-refractivity contribution in [2.24, 2.45) is 7.05 Å². The molecule has 0 saturated carbocycles. The number of aryl methyl sites for hydroxylation is 1. The van der Waals surface area contributed by atoms with Crippen molar-refractivity contribution in [3.05, 3.63) is 42.1 Å². The molecule has 13 heteroatoms. The Hall–Kier alpha value is -3.21. The molecule has 2 amide bonds. The predicted molar refractivity (Wildman–Crippen MR) is 190 cm³/mol. The summed E-state index contributed by atoms with van der Waals surface area (Å²) in [6.07, 6.45) is 1.10. The van der Waals surface area contributed by atoms with E-state index in [1.807, 2.05) is 36.0 Å². The van der Waals surface area contributed by atoms with Crippen molar-refractivity contribution in [1.82, 2.24) is 19.6 Å². The van der Waals surface area contributed by atoms with Crippen molar-refractivity contribution < 1.29 is 37.7 Å². The van der Waals surface area contributed by atoms with Crippen molar-refractivity contribution in [1.29, 1.82) is 0 Å². The summed E-state index contributed by atoms with van der Waals surface area (Å²) in [6, 6.07) is 10.0. The number of nitrogens with zero attached hydrogens (tertiary/aromatic N) is 4. The molecule has 0 spiro atoms. The number of amides is 2. The van der Waals surface area contributed by atoms with Crippen molar-refractivity contribution in [3.63, 3.8) is 0 Å². The summed E-state index contributed by atoms with van der Waals surface area (Å²) in [5.41, 5.74) is 0.535. The van der Waals surface area contributed by atoms with Crippen molar-refractivity contribution in [2.45, 2.75) is 117 Å². The van der Waals surface area contributed by atoms with Crippen LogP contribution in [0.3, 0.4) is 0 Å². The number of imide groups is 1. The van der Waals surface area contributed by atoms with E-state index >= 15 is 0 Å². The predicted octanol–water partition coefficient (Wildman–Crippen LogP) is 7.64. The lowest BCUT2D eigenvalue weighted by molar-refractivity contribution is -0.160. The maximum absolute atomic E-state index is 14.8. The van der Waals surface area contributed by atoms with Gasteiger partial charge in [-0.25, -0.2) is 14.5 Å². The van der Waals surface area contributed by atoms with E-state index in [-0.39, 0.29) is 32.3 Å². The summed E-state index contributed by atoms with van der Waals surface area (Å²) in [6.45, 7) is 18.7. The number of hydrogen-bond donors (Lipinski definition) is 0. The van der Waals surface area contributed by atoms with Gasteiger partial charge in [0.15, 0.2) is 5.16 Å². The lowest BCUT2D eigenvalue weighted by Crippen LogP contribution is -2.56. The fourth-order valence-corrected chi connectivity index (χ4v) is 8.87. The smallest absolute Gasteiger partial charge is 0.419 e. The van der Waals surface area contributed by atoms with E-state index in [1.165, 1.54) is 0 Å². The van der Waals surface area contributed by atoms with Crippen molar-refractivity contribution in [2.75, 3.05) is 32.4 Å². The molecule has 2 aromatic rings. The number of carbonyl (C=O) groups excluding carboxylic acids is 3. The van der Waals surface area contributed by atoms with Gasteiger partial charge in [0.05, 0.1) is 12.3 Å². The zero-order valence-corrected chi connectivity index (χ0v) is 32.2. The fraction of sp³-hybridized carbons (Fsp3) is 0.667. The van der Waals surface area contributed by atoms with E-state index in [2.05, 4.69) is 16.1 Å². The SMILES string of the molecule is CCOP1(=O)CCN(Cc2ccccc2-c2ccnn2C)CC1(CCCCN(C(=O)OC(C)(C)C)C(=O)OC(C)(C)C)C(=O)OC(C)(C)C. The first-order valence-electron chi connectivity index (χ1n) is 17.1. The molecule has 2 heterocycles. The Kier molecular flexibility index (Phi) is 12.9. The molecule has 274 valence electrons. The first-order valence-corrected chi connectivity index (χ1v) is 18.9. The quantitative estimate of drug-likeness (QED) is 0.0996. The van der Waals surface area contributed by atoms with Gasteiger partial charge in [0.2, 0.25) is 7.37 Å². The van der Waals surface area contributed by atoms with E-state index in [0.29, 0.717) is 25.9 Å². The monoisotopic (exact) mass is 704 g/mol. The third-order valence-corrected chi connectivity index (χ3v) is 11.2. The highest BCUT2D eigenvalue weighted by Crippen LogP contribution is 2.64. The maximum atomic E-state index is 14.8. The van der Waals surface area contributed by atoms with Gasteiger partial charge in [-0.15, -0.1) is 0 Å². The summed E-state index contributed by atoms with van der Waals surface area (Å²) in [7, 11) is -1.70. The zero-order valence-electron chi connectivity index (χ0n) is 31.3. The molecular weight excluding hydrogens is 647 g/mol. The molecule has 1 saturated heterocycles. The molecule has 1 aromatic heterocycles. The highest BCUT2D eigenvalue weighted by molar-refractivity contribution is 7.62. The summed E-state index contributed by atoms with van der Waals surface area (Å²) < 4.78 is 39.7. The molecule has 0 bridgehead atoms. The van der Waals surface area contributed by atoms with Crippen LogP contribution in [0.1, 0.15) is 94.1 Å². The van der Waals surface area contributed by atoms with E-state index in [1.54, 1.807) is 75.4 Å². The van der Waals surface area contributed by atoms with Crippen LogP contribution in [0.25, 0.3) is 11.3 Å². The zero-order chi connectivity index (χ0) is 36.8. The molecule has 0 radical (unpaired) electrons. The third-order valence-electron chi connectivity index (χ3n) is 7.92. The van der Waals surface area contributed by atoms with Gasteiger partial charge in [0.1, 0.15) is 16.8 Å². The van der Waals surface area contributed by atoms with Gasteiger partial charge in [0, 0.05) is 51.1 Å².